The maximum atomic E-state index is 12.6. The third kappa shape index (κ3) is 5.03. The van der Waals surface area contributed by atoms with E-state index < -0.39 is 0 Å². The number of carbonyl (C=O) groups excluding carboxylic acids is 1. The molecule has 3 aromatic rings. The highest BCUT2D eigenvalue weighted by molar-refractivity contribution is 5.92. The van der Waals surface area contributed by atoms with E-state index in [0.717, 1.165) is 66.5 Å². The van der Waals surface area contributed by atoms with Gasteiger partial charge in [0.2, 0.25) is 5.91 Å². The van der Waals surface area contributed by atoms with Crippen LogP contribution in [0.3, 0.4) is 0 Å². The molecule has 8 nitrogen and oxygen atoms in total. The first-order chi connectivity index (χ1) is 15.0. The highest BCUT2D eigenvalue weighted by atomic mass is 16.5. The number of hydrogen-bond donors (Lipinski definition) is 1. The van der Waals surface area contributed by atoms with Crippen molar-refractivity contribution in [2.75, 3.05) is 49.6 Å². The van der Waals surface area contributed by atoms with Gasteiger partial charge < -0.3 is 15.0 Å². The number of anilines is 2. The van der Waals surface area contributed by atoms with Crippen LogP contribution in [0.15, 0.2) is 36.5 Å². The first-order valence-electron chi connectivity index (χ1n) is 10.8. The van der Waals surface area contributed by atoms with Crippen LogP contribution in [-0.4, -0.2) is 65.0 Å². The third-order valence-electron chi connectivity index (χ3n) is 5.67. The smallest absolute Gasteiger partial charge is 0.238 e. The molecule has 1 aliphatic rings. The van der Waals surface area contributed by atoms with E-state index >= 15 is 0 Å². The molecule has 3 heterocycles. The molecule has 1 aliphatic heterocycles. The van der Waals surface area contributed by atoms with Crippen LogP contribution < -0.4 is 10.2 Å². The second-order valence-corrected chi connectivity index (χ2v) is 7.92. The van der Waals surface area contributed by atoms with Crippen LogP contribution >= 0.6 is 0 Å². The lowest BCUT2D eigenvalue weighted by Gasteiger charge is -2.29. The molecule has 0 radical (unpaired) electrons. The summed E-state index contributed by atoms with van der Waals surface area (Å²) in [5.41, 5.74) is 4.89. The average Bonchev–Trinajstić information content (AvgIpc) is 3.07. The monoisotopic (exact) mass is 422 g/mol. The van der Waals surface area contributed by atoms with Gasteiger partial charge in [-0.15, -0.1) is 0 Å². The Kier molecular flexibility index (Phi) is 6.48. The molecular weight excluding hydrogens is 392 g/mol. The number of carbonyl (C=O) groups is 1. The number of benzene rings is 1. The van der Waals surface area contributed by atoms with Gasteiger partial charge >= 0.3 is 0 Å². The number of aromatic nitrogens is 3. The van der Waals surface area contributed by atoms with Crippen LogP contribution in [0.4, 0.5) is 11.4 Å². The van der Waals surface area contributed by atoms with Crippen LogP contribution in [0, 0.1) is 6.92 Å². The summed E-state index contributed by atoms with van der Waals surface area (Å²) in [6.45, 7) is 9.13. The molecular formula is C23H30N6O2. The molecule has 164 valence electrons. The molecule has 0 atom stereocenters. The van der Waals surface area contributed by atoms with Crippen molar-refractivity contribution in [1.29, 1.82) is 0 Å². The Labute approximate surface area is 182 Å². The average molecular weight is 423 g/mol. The van der Waals surface area contributed by atoms with Gasteiger partial charge in [-0.2, -0.15) is 5.10 Å². The first-order valence-corrected chi connectivity index (χ1v) is 10.8. The molecule has 1 fully saturated rings. The van der Waals surface area contributed by atoms with Crippen molar-refractivity contribution in [2.45, 2.75) is 20.4 Å². The minimum atomic E-state index is -0.0208. The normalized spacial score (nSPS) is 14.4. The van der Waals surface area contributed by atoms with Gasteiger partial charge in [0, 0.05) is 49.6 Å². The molecule has 1 N–H and O–H groups in total. The quantitative estimate of drug-likeness (QED) is 0.631. The zero-order valence-corrected chi connectivity index (χ0v) is 18.5. The van der Waals surface area contributed by atoms with E-state index in [0.29, 0.717) is 13.1 Å². The van der Waals surface area contributed by atoms with Crippen LogP contribution in [-0.2, 0) is 23.1 Å². The van der Waals surface area contributed by atoms with Crippen molar-refractivity contribution in [3.05, 3.63) is 47.8 Å². The van der Waals surface area contributed by atoms with Crippen LogP contribution in [0.2, 0.25) is 0 Å². The number of likely N-dealkylation sites (N-methyl/N-ethyl adjacent to an activating group) is 1. The maximum absolute atomic E-state index is 12.6. The molecule has 2 aromatic heterocycles. The fraction of sp³-hybridized carbons (Fsp3) is 0.435. The fourth-order valence-electron chi connectivity index (χ4n) is 3.96. The summed E-state index contributed by atoms with van der Waals surface area (Å²) in [4.78, 5) is 21.6. The predicted molar refractivity (Wildman–Crippen MR) is 122 cm³/mol. The van der Waals surface area contributed by atoms with Gasteiger partial charge in [-0.25, -0.2) is 4.98 Å². The van der Waals surface area contributed by atoms with Crippen molar-refractivity contribution >= 4 is 28.3 Å². The predicted octanol–water partition coefficient (Wildman–Crippen LogP) is 2.57. The summed E-state index contributed by atoms with van der Waals surface area (Å²) in [5, 5.41) is 8.50. The van der Waals surface area contributed by atoms with E-state index in [4.69, 9.17) is 4.74 Å². The lowest BCUT2D eigenvalue weighted by molar-refractivity contribution is -0.117. The lowest BCUT2D eigenvalue weighted by atomic mass is 10.2. The molecule has 0 bridgehead atoms. The van der Waals surface area contributed by atoms with Crippen molar-refractivity contribution in [1.82, 2.24) is 19.7 Å². The number of fused-ring (bicyclic) bond motifs is 1. The Morgan fingerprint density at radius 1 is 1.23 bits per heavy atom. The Morgan fingerprint density at radius 3 is 2.68 bits per heavy atom. The standard InChI is InChI=1S/C23H30N6O2/c1-4-28(15-18-13-21-17(2)26-27(3)23(21)24-14-18)16-22(30)25-19-5-7-20(8-6-19)29-9-11-31-12-10-29/h5-8,13-14H,4,9-12,15-16H2,1-3H3,(H,25,30). The number of morpholine rings is 1. The topological polar surface area (TPSA) is 75.5 Å². The summed E-state index contributed by atoms with van der Waals surface area (Å²) < 4.78 is 7.20. The Hall–Kier alpha value is -2.97. The molecule has 0 unspecified atom stereocenters. The Bertz CT molecular complexity index is 1040. The molecule has 0 aliphatic carbocycles. The van der Waals surface area contributed by atoms with Gasteiger partial charge in [-0.3, -0.25) is 14.4 Å². The number of pyridine rings is 1. The van der Waals surface area contributed by atoms with Crippen LogP contribution in [0.25, 0.3) is 11.0 Å². The second-order valence-electron chi connectivity index (χ2n) is 7.92. The number of nitrogens with one attached hydrogen (secondary N) is 1. The van der Waals surface area contributed by atoms with Crippen molar-refractivity contribution < 1.29 is 9.53 Å². The second kappa shape index (κ2) is 9.45. The molecule has 8 heteroatoms. The fourth-order valence-corrected chi connectivity index (χ4v) is 3.96. The van der Waals surface area contributed by atoms with Crippen LogP contribution in [0.1, 0.15) is 18.2 Å². The SMILES string of the molecule is CCN(CC(=O)Nc1ccc(N2CCOCC2)cc1)Cc1cnc2c(c1)c(C)nn2C. The van der Waals surface area contributed by atoms with Crippen molar-refractivity contribution in [2.24, 2.45) is 7.05 Å². The number of hydrogen-bond acceptors (Lipinski definition) is 6. The van der Waals surface area contributed by atoms with E-state index in [1.54, 1.807) is 4.68 Å². The zero-order chi connectivity index (χ0) is 21.8. The van der Waals surface area contributed by atoms with Gasteiger partial charge in [0.05, 0.1) is 25.5 Å². The molecule has 1 amide bonds. The summed E-state index contributed by atoms with van der Waals surface area (Å²) in [5.74, 6) is -0.0208. The summed E-state index contributed by atoms with van der Waals surface area (Å²) in [7, 11) is 1.90. The van der Waals surface area contributed by atoms with Crippen molar-refractivity contribution in [3.63, 3.8) is 0 Å². The minimum absolute atomic E-state index is 0.0208. The summed E-state index contributed by atoms with van der Waals surface area (Å²) in [6, 6.07) is 10.1. The van der Waals surface area contributed by atoms with E-state index in [-0.39, 0.29) is 5.91 Å². The highest BCUT2D eigenvalue weighted by Crippen LogP contribution is 2.20. The molecule has 1 aromatic carbocycles. The van der Waals surface area contributed by atoms with Crippen molar-refractivity contribution in [3.8, 4) is 0 Å². The van der Waals surface area contributed by atoms with Gasteiger partial charge in [0.15, 0.2) is 5.65 Å². The minimum Gasteiger partial charge on any atom is -0.378 e. The number of aryl methyl sites for hydroxylation is 2. The van der Waals surface area contributed by atoms with E-state index in [9.17, 15) is 4.79 Å². The maximum Gasteiger partial charge on any atom is 0.238 e. The molecule has 1 saturated heterocycles. The largest absolute Gasteiger partial charge is 0.378 e. The van der Waals surface area contributed by atoms with Crippen LogP contribution in [0.5, 0.6) is 0 Å². The Morgan fingerprint density at radius 2 is 1.97 bits per heavy atom. The van der Waals surface area contributed by atoms with E-state index in [1.807, 2.05) is 32.3 Å². The molecule has 0 spiro atoms. The summed E-state index contributed by atoms with van der Waals surface area (Å²) >= 11 is 0. The van der Waals surface area contributed by atoms with Gasteiger partial charge in [0.1, 0.15) is 0 Å². The Balaban J connectivity index is 1.35. The number of amides is 1. The highest BCUT2D eigenvalue weighted by Gasteiger charge is 2.14. The lowest BCUT2D eigenvalue weighted by Crippen LogP contribution is -2.36. The first kappa shape index (κ1) is 21.3. The third-order valence-corrected chi connectivity index (χ3v) is 5.67. The number of ether oxygens (including phenoxy) is 1. The van der Waals surface area contributed by atoms with Gasteiger partial charge in [0.25, 0.3) is 0 Å². The van der Waals surface area contributed by atoms with Gasteiger partial charge in [-0.05, 0) is 49.4 Å². The number of nitrogens with zero attached hydrogens (tertiary/aromatic N) is 5. The van der Waals surface area contributed by atoms with E-state index in [2.05, 4.69) is 50.3 Å². The zero-order valence-electron chi connectivity index (χ0n) is 18.5. The molecule has 31 heavy (non-hydrogen) atoms. The molecule has 4 rings (SSSR count). The van der Waals surface area contributed by atoms with Gasteiger partial charge in [-0.1, -0.05) is 6.92 Å². The number of rotatable bonds is 7. The van der Waals surface area contributed by atoms with E-state index in [1.165, 1.54) is 0 Å². The molecule has 0 saturated carbocycles. The summed E-state index contributed by atoms with van der Waals surface area (Å²) in [6.07, 6.45) is 1.87.